The number of aliphatic hydroxyl groups excluding tert-OH is 4. The Kier molecular flexibility index (Phi) is 35.2. The van der Waals surface area contributed by atoms with Crippen molar-refractivity contribution < 1.29 is 103 Å². The Bertz CT molecular complexity index is 2700. The third-order valence-electron chi connectivity index (χ3n) is 15.8. The molecular weight excluding hydrogens is 1250 g/mol. The Morgan fingerprint density at radius 1 is 0.474 bits per heavy atom. The van der Waals surface area contributed by atoms with Crippen LogP contribution in [0.15, 0.2) is 0 Å². The number of primary amides is 1. The molecular formula is C60H102N14O21. The molecule has 2 saturated heterocycles. The molecule has 2 aliphatic rings. The van der Waals surface area contributed by atoms with E-state index < -0.39 is 212 Å². The first-order valence-electron chi connectivity index (χ1n) is 32.1. The number of amides is 13. The van der Waals surface area contributed by atoms with Crippen LogP contribution >= 0.6 is 0 Å². The number of rotatable bonds is 41. The van der Waals surface area contributed by atoms with Gasteiger partial charge >= 0.3 is 11.9 Å². The third kappa shape index (κ3) is 27.6. The fraction of sp³-hybridized carbons (Fsp3) is 0.750. The van der Waals surface area contributed by atoms with Crippen molar-refractivity contribution in [2.45, 2.75) is 244 Å². The number of nitrogens with two attached hydrogens (primary N) is 2. The Morgan fingerprint density at radius 2 is 0.884 bits per heavy atom. The average molecular weight is 1360 g/mol. The molecule has 20 N–H and O–H groups in total. The number of carboxylic acids is 2. The van der Waals surface area contributed by atoms with E-state index in [4.69, 9.17) is 11.5 Å². The molecule has 0 spiro atoms. The molecule has 3 unspecified atom stereocenters. The summed E-state index contributed by atoms with van der Waals surface area (Å²) in [6.07, 6.45) is -6.01. The molecule has 0 aromatic carbocycles. The quantitative estimate of drug-likeness (QED) is 0.0254. The maximum atomic E-state index is 14.4. The number of aliphatic carboxylic acids is 2. The van der Waals surface area contributed by atoms with Crippen molar-refractivity contribution in [1.82, 2.24) is 63.0 Å². The van der Waals surface area contributed by atoms with Crippen LogP contribution < -0.4 is 64.6 Å². The Balaban J connectivity index is 2.40. The standard InChI is InChI=1S/C60H102N14O21/c1-28(2)25-38(52(86)70-46(30(5)6)56(90)71-47(32(8)77)57(91)68-39(60(94)95)26-29(3)4)67-55(89)42-17-14-24-74(42)59(93)48(33(9)78)72-51(85)36(18-20-43(61)80)65-53(87)40(27-75)69-49(83)35(15-11-12-22-63-34(10)79)64-50(84)37(19-21-44(81)82)66-54(88)41-16-13-23-73(41)58(92)45(62)31(7)76/h28-33,35-42,45-48,75-78H,11-27,62H2,1-10H3,(H2,61,80)(H,63,79)(H,64,84)(H,65,87)(H,66,88)(H,67,89)(H,68,91)(H,69,83)(H,70,86)(H,71,90)(H,72,85)(H,81,82)(H,94,95)/t31?,32?,33?,35-,36-,37-,38-,39-,40-,41-,42-,45-,46-,47-,48-/m0/s1. The van der Waals surface area contributed by atoms with E-state index in [1.165, 1.54) is 20.8 Å². The summed E-state index contributed by atoms with van der Waals surface area (Å²) in [6, 6.07) is -18.4. The van der Waals surface area contributed by atoms with Crippen molar-refractivity contribution in [3.63, 3.8) is 0 Å². The van der Waals surface area contributed by atoms with E-state index in [2.05, 4.69) is 53.2 Å². The van der Waals surface area contributed by atoms with Crippen LogP contribution in [0.1, 0.15) is 153 Å². The van der Waals surface area contributed by atoms with E-state index in [-0.39, 0.29) is 88.7 Å². The number of carboxylic acid groups (broad SMARTS) is 2. The highest BCUT2D eigenvalue weighted by atomic mass is 16.4. The number of carbonyl (C=O) groups is 15. The summed E-state index contributed by atoms with van der Waals surface area (Å²) in [7, 11) is 0. The van der Waals surface area contributed by atoms with E-state index >= 15 is 0 Å². The van der Waals surface area contributed by atoms with Gasteiger partial charge in [0.15, 0.2) is 0 Å². The molecule has 95 heavy (non-hydrogen) atoms. The molecule has 35 nitrogen and oxygen atoms in total. The van der Waals surface area contributed by atoms with E-state index in [9.17, 15) is 103 Å². The van der Waals surface area contributed by atoms with Crippen LogP contribution in [-0.2, 0) is 71.9 Å². The number of unbranched alkanes of at least 4 members (excludes halogenated alkanes) is 1. The number of likely N-dealkylation sites (tertiary alicyclic amines) is 2. The topological polar surface area (TPSA) is 556 Å². The smallest absolute Gasteiger partial charge is 0.326 e. The van der Waals surface area contributed by atoms with E-state index in [1.54, 1.807) is 41.5 Å². The Hall–Kier alpha value is -8.15. The molecule has 0 saturated carbocycles. The predicted molar refractivity (Wildman–Crippen MR) is 336 cm³/mol. The van der Waals surface area contributed by atoms with Crippen LogP contribution in [0.3, 0.4) is 0 Å². The summed E-state index contributed by atoms with van der Waals surface area (Å²) in [5.74, 6) is -16.1. The van der Waals surface area contributed by atoms with Gasteiger partial charge in [-0.1, -0.05) is 41.5 Å². The zero-order chi connectivity index (χ0) is 72.3. The first kappa shape index (κ1) is 82.9. The summed E-state index contributed by atoms with van der Waals surface area (Å²) in [5, 5.41) is 85.5. The SMILES string of the molecule is CC(=O)NCCCC[C@H](NC(=O)[C@H](CCC(=O)O)NC(=O)[C@@H]1CCCN1C(=O)[C@@H](N)C(C)O)C(=O)N[C@@H](CO)C(=O)N[C@@H](CCC(N)=O)C(=O)N[C@H](C(=O)N1CCC[C@H]1C(=O)N[C@@H](CC(C)C)C(=O)N[C@H](C(=O)N[C@H](C(=O)N[C@@H](CC(C)C)C(=O)O)C(C)O)C(C)C)C(C)O. The fourth-order valence-electron chi connectivity index (χ4n) is 10.6. The molecule has 15 atom stereocenters. The number of hydrogen-bond acceptors (Lipinski definition) is 20. The van der Waals surface area contributed by atoms with E-state index in [1.807, 2.05) is 0 Å². The van der Waals surface area contributed by atoms with E-state index in [0.717, 1.165) is 16.7 Å². The van der Waals surface area contributed by atoms with Crippen LogP contribution in [0.5, 0.6) is 0 Å². The maximum absolute atomic E-state index is 14.4. The zero-order valence-corrected chi connectivity index (χ0v) is 55.8. The van der Waals surface area contributed by atoms with Gasteiger partial charge in [-0.05, 0) is 109 Å². The second-order valence-corrected chi connectivity index (χ2v) is 25.4. The van der Waals surface area contributed by atoms with Gasteiger partial charge in [0.25, 0.3) is 0 Å². The lowest BCUT2D eigenvalue weighted by Crippen LogP contribution is -2.62. The third-order valence-corrected chi connectivity index (χ3v) is 15.8. The fourth-order valence-corrected chi connectivity index (χ4v) is 10.6. The molecule has 13 amide bonds. The number of nitrogens with one attached hydrogen (secondary N) is 10. The lowest BCUT2D eigenvalue weighted by molar-refractivity contribution is -0.145. The summed E-state index contributed by atoms with van der Waals surface area (Å²) < 4.78 is 0. The van der Waals surface area contributed by atoms with Gasteiger partial charge in [-0.2, -0.15) is 0 Å². The van der Waals surface area contributed by atoms with Crippen molar-refractivity contribution in [1.29, 1.82) is 0 Å². The van der Waals surface area contributed by atoms with Crippen LogP contribution in [0, 0.1) is 17.8 Å². The summed E-state index contributed by atoms with van der Waals surface area (Å²) in [6.45, 7) is 13.9. The van der Waals surface area contributed by atoms with Gasteiger partial charge in [-0.15, -0.1) is 0 Å². The minimum atomic E-state index is -1.94. The van der Waals surface area contributed by atoms with Crippen molar-refractivity contribution in [2.24, 2.45) is 29.2 Å². The maximum Gasteiger partial charge on any atom is 0.326 e. The van der Waals surface area contributed by atoms with Crippen molar-refractivity contribution in [3.05, 3.63) is 0 Å². The summed E-state index contributed by atoms with van der Waals surface area (Å²) >= 11 is 0. The highest BCUT2D eigenvalue weighted by Crippen LogP contribution is 2.22. The van der Waals surface area contributed by atoms with Gasteiger partial charge < -0.3 is 105 Å². The van der Waals surface area contributed by atoms with Crippen LogP contribution in [-0.4, -0.2) is 246 Å². The van der Waals surface area contributed by atoms with Crippen molar-refractivity contribution >= 4 is 88.7 Å². The minimum Gasteiger partial charge on any atom is -0.481 e. The molecule has 0 aromatic heterocycles. The van der Waals surface area contributed by atoms with Crippen LogP contribution in [0.2, 0.25) is 0 Å². The molecule has 0 bridgehead atoms. The van der Waals surface area contributed by atoms with Crippen LogP contribution in [0.4, 0.5) is 0 Å². The number of carbonyl (C=O) groups excluding carboxylic acids is 13. The molecule has 538 valence electrons. The van der Waals surface area contributed by atoms with Gasteiger partial charge in [0.1, 0.15) is 72.5 Å². The Morgan fingerprint density at radius 3 is 1.35 bits per heavy atom. The molecule has 2 aliphatic heterocycles. The van der Waals surface area contributed by atoms with E-state index in [0.29, 0.717) is 6.42 Å². The van der Waals surface area contributed by atoms with Crippen molar-refractivity contribution in [2.75, 3.05) is 26.2 Å². The largest absolute Gasteiger partial charge is 0.481 e. The number of aliphatic hydroxyl groups is 4. The zero-order valence-electron chi connectivity index (χ0n) is 55.8. The molecule has 2 heterocycles. The average Bonchev–Trinajstić information content (AvgIpc) is 1.87. The van der Waals surface area contributed by atoms with Crippen molar-refractivity contribution in [3.8, 4) is 0 Å². The monoisotopic (exact) mass is 1350 g/mol. The normalized spacial score (nSPS) is 18.7. The van der Waals surface area contributed by atoms with Gasteiger partial charge in [0.2, 0.25) is 76.8 Å². The van der Waals surface area contributed by atoms with Gasteiger partial charge in [0.05, 0.1) is 24.9 Å². The minimum absolute atomic E-state index is 0.00725. The van der Waals surface area contributed by atoms with Crippen LogP contribution in [0.25, 0.3) is 0 Å². The highest BCUT2D eigenvalue weighted by Gasteiger charge is 2.44. The summed E-state index contributed by atoms with van der Waals surface area (Å²) in [4.78, 5) is 202. The lowest BCUT2D eigenvalue weighted by atomic mass is 9.98. The molecule has 0 aromatic rings. The second-order valence-electron chi connectivity index (χ2n) is 25.4. The molecule has 35 heteroatoms. The molecule has 2 fully saturated rings. The second kappa shape index (κ2) is 40.3. The highest BCUT2D eigenvalue weighted by molar-refractivity contribution is 6.00. The van der Waals surface area contributed by atoms with Gasteiger partial charge in [-0.3, -0.25) is 67.1 Å². The first-order chi connectivity index (χ1) is 44.3. The predicted octanol–water partition coefficient (Wildman–Crippen LogP) is -5.94. The number of nitrogens with zero attached hydrogens (tertiary/aromatic N) is 2. The first-order valence-corrected chi connectivity index (χ1v) is 32.1. The summed E-state index contributed by atoms with van der Waals surface area (Å²) in [5.41, 5.74) is 11.3. The van der Waals surface area contributed by atoms with Gasteiger partial charge in [-0.25, -0.2) is 4.79 Å². The Labute approximate surface area is 551 Å². The molecule has 0 radical (unpaired) electrons. The lowest BCUT2D eigenvalue weighted by Gasteiger charge is -2.32. The molecule has 0 aliphatic carbocycles. The number of hydrogen-bond donors (Lipinski definition) is 18. The van der Waals surface area contributed by atoms with Gasteiger partial charge in [0, 0.05) is 39.4 Å². The molecule has 2 rings (SSSR count).